The zero-order chi connectivity index (χ0) is 20.8. The first kappa shape index (κ1) is 19.9. The van der Waals surface area contributed by atoms with Crippen LogP contribution >= 0.6 is 15.9 Å². The Morgan fingerprint density at radius 1 is 1.17 bits per heavy atom. The molecule has 1 atom stereocenters. The van der Waals surface area contributed by atoms with Gasteiger partial charge in [-0.3, -0.25) is 9.59 Å². The summed E-state index contributed by atoms with van der Waals surface area (Å²) in [6.07, 6.45) is -0.634. The number of amides is 2. The van der Waals surface area contributed by atoms with Crippen molar-refractivity contribution in [3.8, 4) is 5.75 Å². The highest BCUT2D eigenvalue weighted by Gasteiger charge is 2.32. The van der Waals surface area contributed by atoms with Gasteiger partial charge in [-0.1, -0.05) is 0 Å². The van der Waals surface area contributed by atoms with Gasteiger partial charge in [0, 0.05) is 26.2 Å². The SMILES string of the molecule is C[C@@H]1Oc2ccc(S(=O)(=O)N3CCN(C(=O)c4ccc(Br)o4)CC3)cc2NC1=O. The Kier molecular flexibility index (Phi) is 5.13. The van der Waals surface area contributed by atoms with Crippen molar-refractivity contribution in [2.24, 2.45) is 0 Å². The predicted molar refractivity (Wildman–Crippen MR) is 106 cm³/mol. The third-order valence-corrected chi connectivity index (χ3v) is 7.15. The van der Waals surface area contributed by atoms with E-state index in [1.807, 2.05) is 0 Å². The number of carbonyl (C=O) groups is 2. The molecule has 2 aromatic rings. The quantitative estimate of drug-likeness (QED) is 0.713. The molecular weight excluding hydrogens is 466 g/mol. The Morgan fingerprint density at radius 3 is 2.55 bits per heavy atom. The molecule has 0 aliphatic carbocycles. The van der Waals surface area contributed by atoms with E-state index >= 15 is 0 Å². The molecule has 9 nitrogen and oxygen atoms in total. The molecule has 1 aromatic carbocycles. The summed E-state index contributed by atoms with van der Waals surface area (Å²) in [7, 11) is -3.78. The van der Waals surface area contributed by atoms with Gasteiger partial charge in [-0.15, -0.1) is 0 Å². The number of furan rings is 1. The Morgan fingerprint density at radius 2 is 1.90 bits per heavy atom. The normalized spacial score (nSPS) is 20.0. The lowest BCUT2D eigenvalue weighted by Crippen LogP contribution is -2.50. The van der Waals surface area contributed by atoms with Gasteiger partial charge in [-0.2, -0.15) is 4.31 Å². The molecule has 1 fully saturated rings. The Balaban J connectivity index is 1.47. The van der Waals surface area contributed by atoms with Gasteiger partial charge in [-0.05, 0) is 53.2 Å². The average Bonchev–Trinajstić information content (AvgIpc) is 3.14. The van der Waals surface area contributed by atoms with Crippen LogP contribution in [0.3, 0.4) is 0 Å². The number of sulfonamides is 1. The second-order valence-electron chi connectivity index (χ2n) is 6.71. The van der Waals surface area contributed by atoms with Crippen LogP contribution in [0.15, 0.2) is 44.3 Å². The fourth-order valence-electron chi connectivity index (χ4n) is 3.21. The summed E-state index contributed by atoms with van der Waals surface area (Å²) in [4.78, 5) is 25.9. The predicted octanol–water partition coefficient (Wildman–Crippen LogP) is 1.91. The summed E-state index contributed by atoms with van der Waals surface area (Å²) in [5.74, 6) is 0.0168. The number of nitrogens with zero attached hydrogens (tertiary/aromatic N) is 2. The van der Waals surface area contributed by atoms with E-state index < -0.39 is 16.1 Å². The molecule has 1 N–H and O–H groups in total. The molecule has 154 valence electrons. The Labute approximate surface area is 175 Å². The third-order valence-electron chi connectivity index (χ3n) is 4.83. The van der Waals surface area contributed by atoms with Crippen LogP contribution in [0, 0.1) is 0 Å². The van der Waals surface area contributed by atoms with E-state index in [1.165, 1.54) is 22.5 Å². The van der Waals surface area contributed by atoms with Crippen molar-refractivity contribution in [2.75, 3.05) is 31.5 Å². The summed E-state index contributed by atoms with van der Waals surface area (Å²) in [6, 6.07) is 7.59. The molecule has 4 rings (SSSR count). The average molecular weight is 484 g/mol. The van der Waals surface area contributed by atoms with E-state index in [0.29, 0.717) is 16.1 Å². The second kappa shape index (κ2) is 7.47. The van der Waals surface area contributed by atoms with Crippen LogP contribution in [0.2, 0.25) is 0 Å². The number of carbonyl (C=O) groups excluding carboxylic acids is 2. The number of halogens is 1. The summed E-state index contributed by atoms with van der Waals surface area (Å²) >= 11 is 3.16. The number of rotatable bonds is 3. The largest absolute Gasteiger partial charge is 0.479 e. The highest BCUT2D eigenvalue weighted by Crippen LogP contribution is 2.33. The maximum absolute atomic E-state index is 13.0. The van der Waals surface area contributed by atoms with Crippen molar-refractivity contribution in [2.45, 2.75) is 17.9 Å². The molecule has 1 aromatic heterocycles. The van der Waals surface area contributed by atoms with Crippen molar-refractivity contribution in [1.29, 1.82) is 0 Å². The van der Waals surface area contributed by atoms with E-state index in [1.54, 1.807) is 24.0 Å². The number of nitrogens with one attached hydrogen (secondary N) is 1. The fourth-order valence-corrected chi connectivity index (χ4v) is 4.97. The van der Waals surface area contributed by atoms with Crippen LogP contribution in [0.5, 0.6) is 5.75 Å². The lowest BCUT2D eigenvalue weighted by molar-refractivity contribution is -0.122. The fraction of sp³-hybridized carbons (Fsp3) is 0.333. The molecule has 0 saturated carbocycles. The maximum Gasteiger partial charge on any atom is 0.289 e. The molecular formula is C18H18BrN3O6S. The molecule has 0 radical (unpaired) electrons. The zero-order valence-electron chi connectivity index (χ0n) is 15.4. The molecule has 0 spiro atoms. The van der Waals surface area contributed by atoms with E-state index in [9.17, 15) is 18.0 Å². The zero-order valence-corrected chi connectivity index (χ0v) is 17.8. The van der Waals surface area contributed by atoms with Crippen molar-refractivity contribution in [3.05, 3.63) is 40.8 Å². The number of anilines is 1. The van der Waals surface area contributed by atoms with Gasteiger partial charge in [0.05, 0.1) is 10.6 Å². The molecule has 2 aliphatic heterocycles. The highest BCUT2D eigenvalue weighted by molar-refractivity contribution is 9.10. The van der Waals surface area contributed by atoms with Gasteiger partial charge in [0.15, 0.2) is 16.5 Å². The molecule has 2 aliphatic rings. The first-order valence-electron chi connectivity index (χ1n) is 8.92. The molecule has 3 heterocycles. The van der Waals surface area contributed by atoms with Crippen molar-refractivity contribution >= 4 is 43.5 Å². The van der Waals surface area contributed by atoms with E-state index in [4.69, 9.17) is 9.15 Å². The smallest absolute Gasteiger partial charge is 0.289 e. The van der Waals surface area contributed by atoms with Gasteiger partial charge in [0.25, 0.3) is 11.8 Å². The monoisotopic (exact) mass is 483 g/mol. The van der Waals surface area contributed by atoms with E-state index in [2.05, 4.69) is 21.2 Å². The van der Waals surface area contributed by atoms with E-state index in [-0.39, 0.29) is 48.6 Å². The molecule has 0 bridgehead atoms. The summed E-state index contributed by atoms with van der Waals surface area (Å²) in [5, 5.41) is 2.65. The summed E-state index contributed by atoms with van der Waals surface area (Å²) in [5.41, 5.74) is 0.325. The first-order valence-corrected chi connectivity index (χ1v) is 11.2. The second-order valence-corrected chi connectivity index (χ2v) is 9.43. The number of ether oxygens (including phenoxy) is 1. The minimum atomic E-state index is -3.78. The van der Waals surface area contributed by atoms with Gasteiger partial charge >= 0.3 is 0 Å². The molecule has 11 heteroatoms. The van der Waals surface area contributed by atoms with E-state index in [0.717, 1.165) is 0 Å². The lowest BCUT2D eigenvalue weighted by atomic mass is 10.2. The number of benzene rings is 1. The van der Waals surface area contributed by atoms with Gasteiger partial charge < -0.3 is 19.4 Å². The van der Waals surface area contributed by atoms with Crippen molar-refractivity contribution in [1.82, 2.24) is 9.21 Å². The molecule has 0 unspecified atom stereocenters. The third kappa shape index (κ3) is 3.77. The minimum Gasteiger partial charge on any atom is -0.479 e. The molecule has 1 saturated heterocycles. The number of fused-ring (bicyclic) bond motifs is 1. The van der Waals surface area contributed by atoms with Gasteiger partial charge in [0.2, 0.25) is 10.0 Å². The van der Waals surface area contributed by atoms with Crippen molar-refractivity contribution in [3.63, 3.8) is 0 Å². The Bertz CT molecular complexity index is 1080. The lowest BCUT2D eigenvalue weighted by Gasteiger charge is -2.33. The van der Waals surface area contributed by atoms with Gasteiger partial charge in [-0.25, -0.2) is 8.42 Å². The van der Waals surface area contributed by atoms with Crippen LogP contribution < -0.4 is 10.1 Å². The molecule has 29 heavy (non-hydrogen) atoms. The van der Waals surface area contributed by atoms with Crippen LogP contribution in [0.1, 0.15) is 17.5 Å². The topological polar surface area (TPSA) is 109 Å². The summed E-state index contributed by atoms with van der Waals surface area (Å²) < 4.78 is 38.6. The standard InChI is InChI=1S/C18H18BrN3O6S/c1-11-17(23)20-13-10-12(2-3-14(13)27-11)29(25,26)22-8-6-21(7-9-22)18(24)15-4-5-16(19)28-15/h2-5,10-11H,6-9H2,1H3,(H,20,23)/t11-/m0/s1. The van der Waals surface area contributed by atoms with Crippen LogP contribution in [0.4, 0.5) is 5.69 Å². The number of hydrogen-bond donors (Lipinski definition) is 1. The van der Waals surface area contributed by atoms with Crippen LogP contribution in [0.25, 0.3) is 0 Å². The Hall–Kier alpha value is -2.37. The maximum atomic E-state index is 13.0. The van der Waals surface area contributed by atoms with Crippen LogP contribution in [-0.4, -0.2) is 61.7 Å². The minimum absolute atomic E-state index is 0.0597. The first-order chi connectivity index (χ1) is 13.8. The number of hydrogen-bond acceptors (Lipinski definition) is 6. The highest BCUT2D eigenvalue weighted by atomic mass is 79.9. The summed E-state index contributed by atoms with van der Waals surface area (Å²) in [6.45, 7) is 2.43. The van der Waals surface area contributed by atoms with Crippen molar-refractivity contribution < 1.29 is 27.2 Å². The number of piperazine rings is 1. The van der Waals surface area contributed by atoms with Gasteiger partial charge in [0.1, 0.15) is 5.75 Å². The molecule has 2 amide bonds. The van der Waals surface area contributed by atoms with Crippen LogP contribution in [-0.2, 0) is 14.8 Å².